The smallest absolute Gasteiger partial charge is 0.136 e. The van der Waals surface area contributed by atoms with Gasteiger partial charge in [0.2, 0.25) is 0 Å². The fourth-order valence-electron chi connectivity index (χ4n) is 2.41. The van der Waals surface area contributed by atoms with E-state index in [0.717, 1.165) is 29.7 Å². The topological polar surface area (TPSA) is 48.4 Å². The van der Waals surface area contributed by atoms with Gasteiger partial charge in [-0.25, -0.2) is 4.98 Å². The third-order valence-corrected chi connectivity index (χ3v) is 3.23. The van der Waals surface area contributed by atoms with Crippen molar-refractivity contribution in [1.82, 2.24) is 10.3 Å². The van der Waals surface area contributed by atoms with Crippen LogP contribution in [0.3, 0.4) is 0 Å². The Hall–Kier alpha value is -1.81. The molecule has 1 atom stereocenters. The SMILES string of the molecule is CNCC(C)CN(C)c1nccc2ccc(O)cc12. The minimum atomic E-state index is 0.276. The highest BCUT2D eigenvalue weighted by molar-refractivity contribution is 5.93. The van der Waals surface area contributed by atoms with Crippen LogP contribution < -0.4 is 10.2 Å². The molecule has 0 saturated carbocycles. The molecule has 4 nitrogen and oxygen atoms in total. The number of fused-ring (bicyclic) bond motifs is 1. The molecule has 0 aliphatic rings. The highest BCUT2D eigenvalue weighted by atomic mass is 16.3. The van der Waals surface area contributed by atoms with E-state index in [4.69, 9.17) is 0 Å². The quantitative estimate of drug-likeness (QED) is 0.864. The first-order chi connectivity index (χ1) is 9.11. The van der Waals surface area contributed by atoms with Gasteiger partial charge in [-0.05, 0) is 43.1 Å². The summed E-state index contributed by atoms with van der Waals surface area (Å²) in [5, 5.41) is 14.9. The summed E-state index contributed by atoms with van der Waals surface area (Å²) < 4.78 is 0. The van der Waals surface area contributed by atoms with E-state index in [1.54, 1.807) is 12.1 Å². The third kappa shape index (κ3) is 3.15. The van der Waals surface area contributed by atoms with Crippen molar-refractivity contribution in [2.75, 3.05) is 32.1 Å². The maximum atomic E-state index is 9.65. The summed E-state index contributed by atoms with van der Waals surface area (Å²) in [4.78, 5) is 6.60. The van der Waals surface area contributed by atoms with Crippen molar-refractivity contribution in [2.45, 2.75) is 6.92 Å². The van der Waals surface area contributed by atoms with Crippen LogP contribution >= 0.6 is 0 Å². The number of aromatic nitrogens is 1. The summed E-state index contributed by atoms with van der Waals surface area (Å²) in [7, 11) is 4.00. The first-order valence-corrected chi connectivity index (χ1v) is 6.55. The monoisotopic (exact) mass is 259 g/mol. The Labute approximate surface area is 114 Å². The highest BCUT2D eigenvalue weighted by Gasteiger charge is 2.11. The lowest BCUT2D eigenvalue weighted by molar-refractivity contribution is 0.476. The van der Waals surface area contributed by atoms with Gasteiger partial charge in [-0.2, -0.15) is 0 Å². The standard InChI is InChI=1S/C15H21N3O/c1-11(9-16-2)10-18(3)15-14-8-13(19)5-4-12(14)6-7-17-15/h4-8,11,16,19H,9-10H2,1-3H3. The molecule has 0 spiro atoms. The number of benzene rings is 1. The molecule has 0 amide bonds. The summed E-state index contributed by atoms with van der Waals surface area (Å²) in [5.74, 6) is 1.72. The predicted octanol–water partition coefficient (Wildman–Crippen LogP) is 2.23. The minimum Gasteiger partial charge on any atom is -0.508 e. The average molecular weight is 259 g/mol. The molecule has 1 unspecified atom stereocenters. The fourth-order valence-corrected chi connectivity index (χ4v) is 2.41. The second-order valence-corrected chi connectivity index (χ2v) is 5.08. The molecule has 0 aliphatic carbocycles. The summed E-state index contributed by atoms with van der Waals surface area (Å²) >= 11 is 0. The summed E-state index contributed by atoms with van der Waals surface area (Å²) in [6, 6.07) is 7.36. The molecule has 1 heterocycles. The Morgan fingerprint density at radius 2 is 2.16 bits per heavy atom. The number of aromatic hydroxyl groups is 1. The number of nitrogens with zero attached hydrogens (tertiary/aromatic N) is 2. The van der Waals surface area contributed by atoms with E-state index in [9.17, 15) is 5.11 Å². The van der Waals surface area contributed by atoms with Gasteiger partial charge in [0, 0.05) is 25.2 Å². The largest absolute Gasteiger partial charge is 0.508 e. The zero-order chi connectivity index (χ0) is 13.8. The van der Waals surface area contributed by atoms with Gasteiger partial charge in [0.15, 0.2) is 0 Å². The van der Waals surface area contributed by atoms with Gasteiger partial charge < -0.3 is 15.3 Å². The second-order valence-electron chi connectivity index (χ2n) is 5.08. The van der Waals surface area contributed by atoms with E-state index in [1.165, 1.54) is 0 Å². The Balaban J connectivity index is 2.31. The number of rotatable bonds is 5. The molecule has 0 fully saturated rings. The second kappa shape index (κ2) is 5.89. The zero-order valence-corrected chi connectivity index (χ0v) is 11.7. The Bertz CT molecular complexity index is 556. The van der Waals surface area contributed by atoms with Crippen molar-refractivity contribution >= 4 is 16.6 Å². The summed E-state index contributed by atoms with van der Waals surface area (Å²) in [6.07, 6.45) is 1.81. The van der Waals surface area contributed by atoms with Crippen LogP contribution in [0.2, 0.25) is 0 Å². The molecule has 0 radical (unpaired) electrons. The lowest BCUT2D eigenvalue weighted by atomic mass is 10.1. The van der Waals surface area contributed by atoms with E-state index in [1.807, 2.05) is 32.4 Å². The van der Waals surface area contributed by atoms with Crippen LogP contribution in [-0.2, 0) is 0 Å². The zero-order valence-electron chi connectivity index (χ0n) is 11.7. The fraction of sp³-hybridized carbons (Fsp3) is 0.400. The lowest BCUT2D eigenvalue weighted by Gasteiger charge is -2.23. The van der Waals surface area contributed by atoms with E-state index >= 15 is 0 Å². The molecule has 102 valence electrons. The van der Waals surface area contributed by atoms with Crippen molar-refractivity contribution in [3.63, 3.8) is 0 Å². The van der Waals surface area contributed by atoms with E-state index < -0.39 is 0 Å². The molecule has 4 heteroatoms. The van der Waals surface area contributed by atoms with Crippen LogP contribution in [0, 0.1) is 5.92 Å². The first kappa shape index (κ1) is 13.6. The maximum absolute atomic E-state index is 9.65. The Morgan fingerprint density at radius 3 is 2.89 bits per heavy atom. The lowest BCUT2D eigenvalue weighted by Crippen LogP contribution is -2.30. The van der Waals surface area contributed by atoms with Gasteiger partial charge >= 0.3 is 0 Å². The van der Waals surface area contributed by atoms with Gasteiger partial charge in [-0.15, -0.1) is 0 Å². The number of hydrogen-bond acceptors (Lipinski definition) is 4. The average Bonchev–Trinajstić information content (AvgIpc) is 2.38. The molecule has 0 aliphatic heterocycles. The van der Waals surface area contributed by atoms with Crippen LogP contribution in [-0.4, -0.2) is 37.3 Å². The van der Waals surface area contributed by atoms with Crippen LogP contribution in [0.15, 0.2) is 30.5 Å². The summed E-state index contributed by atoms with van der Waals surface area (Å²) in [5.41, 5.74) is 0. The molecular weight excluding hydrogens is 238 g/mol. The summed E-state index contributed by atoms with van der Waals surface area (Å²) in [6.45, 7) is 4.10. The van der Waals surface area contributed by atoms with Gasteiger partial charge in [-0.1, -0.05) is 13.0 Å². The van der Waals surface area contributed by atoms with Gasteiger partial charge in [-0.3, -0.25) is 0 Å². The molecule has 2 rings (SSSR count). The van der Waals surface area contributed by atoms with E-state index in [0.29, 0.717) is 5.92 Å². The van der Waals surface area contributed by atoms with Crippen molar-refractivity contribution in [2.24, 2.45) is 5.92 Å². The highest BCUT2D eigenvalue weighted by Crippen LogP contribution is 2.27. The number of nitrogens with one attached hydrogen (secondary N) is 1. The van der Waals surface area contributed by atoms with E-state index in [2.05, 4.69) is 22.1 Å². The van der Waals surface area contributed by atoms with Crippen LogP contribution in [0.25, 0.3) is 10.8 Å². The minimum absolute atomic E-state index is 0.276. The van der Waals surface area contributed by atoms with Crippen molar-refractivity contribution in [3.05, 3.63) is 30.5 Å². The first-order valence-electron chi connectivity index (χ1n) is 6.55. The Morgan fingerprint density at radius 1 is 1.37 bits per heavy atom. The predicted molar refractivity (Wildman–Crippen MR) is 79.8 cm³/mol. The molecule has 1 aromatic heterocycles. The van der Waals surface area contributed by atoms with E-state index in [-0.39, 0.29) is 5.75 Å². The van der Waals surface area contributed by atoms with Gasteiger partial charge in [0.1, 0.15) is 11.6 Å². The van der Waals surface area contributed by atoms with Crippen molar-refractivity contribution < 1.29 is 5.11 Å². The molecular formula is C15H21N3O. The molecule has 19 heavy (non-hydrogen) atoms. The van der Waals surface area contributed by atoms with Crippen LogP contribution in [0.1, 0.15) is 6.92 Å². The van der Waals surface area contributed by atoms with Gasteiger partial charge in [0.25, 0.3) is 0 Å². The van der Waals surface area contributed by atoms with Gasteiger partial charge in [0.05, 0.1) is 0 Å². The van der Waals surface area contributed by atoms with Crippen LogP contribution in [0.5, 0.6) is 5.75 Å². The maximum Gasteiger partial charge on any atom is 0.136 e. The van der Waals surface area contributed by atoms with Crippen molar-refractivity contribution in [3.8, 4) is 5.75 Å². The molecule has 0 bridgehead atoms. The number of phenols is 1. The third-order valence-electron chi connectivity index (χ3n) is 3.23. The number of hydrogen-bond donors (Lipinski definition) is 2. The number of anilines is 1. The molecule has 0 saturated heterocycles. The normalized spacial score (nSPS) is 12.6. The number of pyridine rings is 1. The molecule has 2 N–H and O–H groups in total. The Kier molecular flexibility index (Phi) is 4.22. The van der Waals surface area contributed by atoms with Crippen LogP contribution in [0.4, 0.5) is 5.82 Å². The van der Waals surface area contributed by atoms with Crippen molar-refractivity contribution in [1.29, 1.82) is 0 Å². The molecule has 1 aromatic carbocycles. The molecule has 2 aromatic rings. The number of phenolic OH excluding ortho intramolecular Hbond substituents is 1.